The van der Waals surface area contributed by atoms with Gasteiger partial charge in [0.2, 0.25) is 0 Å². The van der Waals surface area contributed by atoms with Gasteiger partial charge >= 0.3 is 0 Å². The highest BCUT2D eigenvalue weighted by Crippen LogP contribution is 2.37. The highest BCUT2D eigenvalue weighted by atomic mass is 32.1. The average molecular weight is 307 g/mol. The highest BCUT2D eigenvalue weighted by Gasteiger charge is 2.18. The van der Waals surface area contributed by atoms with Crippen LogP contribution in [0, 0.1) is 0 Å². The molecule has 0 aliphatic heterocycles. The van der Waals surface area contributed by atoms with Crippen molar-refractivity contribution in [3.05, 3.63) is 39.8 Å². The van der Waals surface area contributed by atoms with Gasteiger partial charge in [0, 0.05) is 17.0 Å². The number of aliphatic hydroxyl groups excluding tert-OH is 1. The first-order chi connectivity index (χ1) is 10.1. The van der Waals surface area contributed by atoms with Crippen LogP contribution in [-0.4, -0.2) is 24.3 Å². The van der Waals surface area contributed by atoms with E-state index in [0.717, 1.165) is 33.4 Å². The smallest absolute Gasteiger partial charge is 0.161 e. The summed E-state index contributed by atoms with van der Waals surface area (Å²) >= 11 is 1.56. The van der Waals surface area contributed by atoms with Crippen LogP contribution >= 0.6 is 11.3 Å². The van der Waals surface area contributed by atoms with Crippen molar-refractivity contribution < 1.29 is 14.6 Å². The molecule has 1 aromatic heterocycles. The first kappa shape index (κ1) is 15.8. The summed E-state index contributed by atoms with van der Waals surface area (Å²) in [6.07, 6.45) is 2.29. The quantitative estimate of drug-likeness (QED) is 0.883. The Morgan fingerprint density at radius 3 is 2.48 bits per heavy atom. The summed E-state index contributed by atoms with van der Waals surface area (Å²) < 4.78 is 10.7. The molecular weight excluding hydrogens is 286 g/mol. The summed E-state index contributed by atoms with van der Waals surface area (Å²) in [6, 6.07) is 5.99. The van der Waals surface area contributed by atoms with E-state index in [9.17, 15) is 5.11 Å². The Balaban J connectivity index is 2.36. The molecule has 0 aliphatic rings. The molecule has 1 heterocycles. The number of aromatic nitrogens is 1. The topological polar surface area (TPSA) is 51.6 Å². The molecule has 2 unspecified atom stereocenters. The first-order valence-electron chi connectivity index (χ1n) is 6.96. The summed E-state index contributed by atoms with van der Waals surface area (Å²) in [5.74, 6) is 1.70. The fraction of sp³-hybridized carbons (Fsp3) is 0.438. The molecule has 2 aromatic rings. The fourth-order valence-electron chi connectivity index (χ4n) is 2.33. The Kier molecular flexibility index (Phi) is 5.20. The third kappa shape index (κ3) is 3.36. The molecule has 0 spiro atoms. The Labute approximate surface area is 129 Å². The molecule has 5 heteroatoms. The maximum absolute atomic E-state index is 9.62. The van der Waals surface area contributed by atoms with Crippen molar-refractivity contribution in [2.45, 2.75) is 32.3 Å². The van der Waals surface area contributed by atoms with E-state index in [4.69, 9.17) is 9.47 Å². The summed E-state index contributed by atoms with van der Waals surface area (Å²) in [7, 11) is 3.27. The van der Waals surface area contributed by atoms with E-state index in [1.54, 1.807) is 32.5 Å². The van der Waals surface area contributed by atoms with Gasteiger partial charge in [-0.25, -0.2) is 4.98 Å². The number of methoxy groups -OCH3 is 2. The van der Waals surface area contributed by atoms with Crippen LogP contribution in [0.2, 0.25) is 0 Å². The molecule has 114 valence electrons. The van der Waals surface area contributed by atoms with Crippen molar-refractivity contribution in [3.8, 4) is 11.5 Å². The van der Waals surface area contributed by atoms with Crippen molar-refractivity contribution >= 4 is 11.3 Å². The van der Waals surface area contributed by atoms with Gasteiger partial charge in [0.05, 0.1) is 14.2 Å². The van der Waals surface area contributed by atoms with E-state index in [1.165, 1.54) is 0 Å². The van der Waals surface area contributed by atoms with Gasteiger partial charge in [-0.2, -0.15) is 0 Å². The largest absolute Gasteiger partial charge is 0.493 e. The van der Waals surface area contributed by atoms with Gasteiger partial charge in [-0.3, -0.25) is 0 Å². The molecule has 0 saturated carbocycles. The summed E-state index contributed by atoms with van der Waals surface area (Å²) in [6.45, 7) is 3.88. The SMILES string of the molecule is CCC(c1ccc(OC)c(OC)c1)c1cnc(C(C)O)s1. The lowest BCUT2D eigenvalue weighted by Crippen LogP contribution is -1.99. The number of rotatable bonds is 6. The van der Waals surface area contributed by atoms with E-state index < -0.39 is 6.10 Å². The molecule has 2 rings (SSSR count). The van der Waals surface area contributed by atoms with Crippen LogP contribution in [0.1, 0.15) is 47.7 Å². The number of benzene rings is 1. The third-order valence-electron chi connectivity index (χ3n) is 3.46. The third-order valence-corrected chi connectivity index (χ3v) is 4.74. The second-order valence-corrected chi connectivity index (χ2v) is 5.95. The minimum Gasteiger partial charge on any atom is -0.493 e. The van der Waals surface area contributed by atoms with Crippen LogP contribution < -0.4 is 9.47 Å². The summed E-state index contributed by atoms with van der Waals surface area (Å²) in [4.78, 5) is 5.45. The maximum Gasteiger partial charge on any atom is 0.161 e. The molecular formula is C16H21NO3S. The normalized spacial score (nSPS) is 13.8. The molecule has 1 N–H and O–H groups in total. The molecule has 0 amide bonds. The number of ether oxygens (including phenoxy) is 2. The van der Waals surface area contributed by atoms with Crippen LogP contribution in [0.5, 0.6) is 11.5 Å². The van der Waals surface area contributed by atoms with Crippen molar-refractivity contribution in [1.82, 2.24) is 4.98 Å². The lowest BCUT2D eigenvalue weighted by molar-refractivity contribution is 0.199. The molecule has 21 heavy (non-hydrogen) atoms. The van der Waals surface area contributed by atoms with E-state index in [1.807, 2.05) is 18.3 Å². The fourth-order valence-corrected chi connectivity index (χ4v) is 3.39. The molecule has 4 nitrogen and oxygen atoms in total. The number of hydrogen-bond acceptors (Lipinski definition) is 5. The minimum absolute atomic E-state index is 0.245. The highest BCUT2D eigenvalue weighted by molar-refractivity contribution is 7.11. The van der Waals surface area contributed by atoms with Gasteiger partial charge in [-0.1, -0.05) is 13.0 Å². The van der Waals surface area contributed by atoms with Gasteiger partial charge < -0.3 is 14.6 Å². The van der Waals surface area contributed by atoms with Crippen LogP contribution in [0.3, 0.4) is 0 Å². The van der Waals surface area contributed by atoms with Gasteiger partial charge in [-0.05, 0) is 31.0 Å². The van der Waals surface area contributed by atoms with Crippen molar-refractivity contribution in [2.75, 3.05) is 14.2 Å². The van der Waals surface area contributed by atoms with E-state index in [-0.39, 0.29) is 5.92 Å². The zero-order valence-corrected chi connectivity index (χ0v) is 13.6. The lowest BCUT2D eigenvalue weighted by atomic mass is 9.95. The van der Waals surface area contributed by atoms with Crippen LogP contribution in [-0.2, 0) is 0 Å². The van der Waals surface area contributed by atoms with Crippen molar-refractivity contribution in [3.63, 3.8) is 0 Å². The van der Waals surface area contributed by atoms with Crippen LogP contribution in [0.15, 0.2) is 24.4 Å². The molecule has 1 aromatic carbocycles. The Hall–Kier alpha value is -1.59. The maximum atomic E-state index is 9.62. The number of hydrogen-bond donors (Lipinski definition) is 1. The zero-order chi connectivity index (χ0) is 15.4. The van der Waals surface area contributed by atoms with Gasteiger partial charge in [0.1, 0.15) is 11.1 Å². The zero-order valence-electron chi connectivity index (χ0n) is 12.8. The lowest BCUT2D eigenvalue weighted by Gasteiger charge is -2.16. The molecule has 0 aliphatic carbocycles. The van der Waals surface area contributed by atoms with Gasteiger partial charge in [0.15, 0.2) is 11.5 Å². The van der Waals surface area contributed by atoms with Crippen LogP contribution in [0.4, 0.5) is 0 Å². The number of thiazole rings is 1. The Bertz CT molecular complexity index is 595. The Morgan fingerprint density at radius 1 is 1.24 bits per heavy atom. The number of aliphatic hydroxyl groups is 1. The second-order valence-electron chi connectivity index (χ2n) is 4.85. The molecule has 0 saturated heterocycles. The molecule has 0 radical (unpaired) electrons. The second kappa shape index (κ2) is 6.91. The monoisotopic (exact) mass is 307 g/mol. The predicted octanol–water partition coefficient (Wildman–Crippen LogP) is 3.76. The summed E-state index contributed by atoms with van der Waals surface area (Å²) in [5, 5.41) is 10.4. The van der Waals surface area contributed by atoms with Crippen molar-refractivity contribution in [1.29, 1.82) is 0 Å². The summed E-state index contributed by atoms with van der Waals surface area (Å²) in [5.41, 5.74) is 1.16. The first-order valence-corrected chi connectivity index (χ1v) is 7.77. The Morgan fingerprint density at radius 2 is 1.95 bits per heavy atom. The van der Waals surface area contributed by atoms with Crippen molar-refractivity contribution in [2.24, 2.45) is 0 Å². The molecule has 0 bridgehead atoms. The minimum atomic E-state index is -0.522. The van der Waals surface area contributed by atoms with E-state index in [2.05, 4.69) is 18.0 Å². The predicted molar refractivity (Wildman–Crippen MR) is 84.4 cm³/mol. The average Bonchev–Trinajstić information content (AvgIpc) is 2.97. The standard InChI is InChI=1S/C16H21NO3S/c1-5-12(15-9-17-16(21-15)10(2)18)11-6-7-13(19-3)14(8-11)20-4/h6-10,12,18H,5H2,1-4H3. The van der Waals surface area contributed by atoms with Crippen LogP contribution in [0.25, 0.3) is 0 Å². The van der Waals surface area contributed by atoms with Gasteiger partial charge in [-0.15, -0.1) is 11.3 Å². The molecule has 2 atom stereocenters. The molecule has 0 fully saturated rings. The van der Waals surface area contributed by atoms with Gasteiger partial charge in [0.25, 0.3) is 0 Å². The number of nitrogens with zero attached hydrogens (tertiary/aromatic N) is 1. The van der Waals surface area contributed by atoms with E-state index >= 15 is 0 Å². The van der Waals surface area contributed by atoms with E-state index in [0.29, 0.717) is 0 Å².